The Hall–Kier alpha value is -3.45. The molecule has 164 valence electrons. The molecule has 1 atom stereocenters. The number of aromatic nitrogens is 3. The van der Waals surface area contributed by atoms with Gasteiger partial charge in [0.05, 0.1) is 23.9 Å². The molecule has 2 aromatic heterocycles. The zero-order chi connectivity index (χ0) is 22.5. The fourth-order valence-electron chi connectivity index (χ4n) is 3.59. The number of benzene rings is 2. The van der Waals surface area contributed by atoms with Crippen LogP contribution in [0.5, 0.6) is 5.75 Å². The van der Waals surface area contributed by atoms with E-state index in [4.69, 9.17) is 9.72 Å². The first-order valence-electron chi connectivity index (χ1n) is 10.7. The normalized spacial score (nSPS) is 11.8. The van der Waals surface area contributed by atoms with Gasteiger partial charge in [-0.3, -0.25) is 4.79 Å². The van der Waals surface area contributed by atoms with Crippen LogP contribution in [0.3, 0.4) is 0 Å². The van der Waals surface area contributed by atoms with E-state index in [1.807, 2.05) is 86.8 Å². The number of aryl methyl sites for hydroxylation is 1. The zero-order valence-electron chi connectivity index (χ0n) is 18.4. The molecule has 0 saturated heterocycles. The number of nitrogens with one attached hydrogen (secondary N) is 1. The van der Waals surface area contributed by atoms with Crippen molar-refractivity contribution in [3.8, 4) is 22.1 Å². The predicted molar refractivity (Wildman–Crippen MR) is 129 cm³/mol. The molecule has 0 aliphatic heterocycles. The number of amides is 1. The van der Waals surface area contributed by atoms with Crippen LogP contribution in [0.4, 0.5) is 5.82 Å². The second kappa shape index (κ2) is 9.78. The monoisotopic (exact) mass is 446 g/mol. The summed E-state index contributed by atoms with van der Waals surface area (Å²) in [6.45, 7) is 6.52. The molecule has 0 radical (unpaired) electrons. The first-order chi connectivity index (χ1) is 15.6. The largest absolute Gasteiger partial charge is 0.494 e. The van der Waals surface area contributed by atoms with Crippen molar-refractivity contribution in [3.63, 3.8) is 0 Å². The van der Waals surface area contributed by atoms with Crippen molar-refractivity contribution < 1.29 is 9.53 Å². The van der Waals surface area contributed by atoms with Gasteiger partial charge in [0.25, 0.3) is 0 Å². The van der Waals surface area contributed by atoms with E-state index in [9.17, 15) is 4.79 Å². The van der Waals surface area contributed by atoms with Crippen molar-refractivity contribution >= 4 is 23.1 Å². The van der Waals surface area contributed by atoms with Gasteiger partial charge in [-0.1, -0.05) is 37.3 Å². The topological polar surface area (TPSA) is 69.0 Å². The number of carbonyl (C=O) groups excluding carboxylic acids is 1. The molecule has 2 heterocycles. The lowest BCUT2D eigenvalue weighted by Crippen LogP contribution is -2.22. The number of anilines is 1. The van der Waals surface area contributed by atoms with Crippen molar-refractivity contribution in [1.82, 2.24) is 14.8 Å². The molecule has 4 rings (SSSR count). The molecule has 0 aliphatic carbocycles. The van der Waals surface area contributed by atoms with Gasteiger partial charge >= 0.3 is 0 Å². The quantitative estimate of drug-likeness (QED) is 0.369. The maximum Gasteiger partial charge on any atom is 0.233 e. The minimum absolute atomic E-state index is 0.0526. The lowest BCUT2D eigenvalue weighted by molar-refractivity contribution is -0.117. The summed E-state index contributed by atoms with van der Waals surface area (Å²) >= 11 is 1.48. The predicted octanol–water partition coefficient (Wildman–Crippen LogP) is 5.84. The maximum atomic E-state index is 13.1. The molecule has 7 heteroatoms. The second-order valence-electron chi connectivity index (χ2n) is 7.42. The van der Waals surface area contributed by atoms with E-state index in [0.717, 1.165) is 28.3 Å². The van der Waals surface area contributed by atoms with Crippen molar-refractivity contribution in [2.45, 2.75) is 33.1 Å². The molecule has 0 fully saturated rings. The van der Waals surface area contributed by atoms with Crippen LogP contribution in [0.25, 0.3) is 16.4 Å². The Bertz CT molecular complexity index is 1180. The Balaban J connectivity index is 1.57. The number of thiazole rings is 1. The van der Waals surface area contributed by atoms with Crippen LogP contribution in [-0.2, 0) is 4.79 Å². The van der Waals surface area contributed by atoms with Gasteiger partial charge in [-0.15, -0.1) is 11.3 Å². The molecular formula is C25H26N4O2S. The fourth-order valence-corrected chi connectivity index (χ4v) is 4.38. The summed E-state index contributed by atoms with van der Waals surface area (Å²) < 4.78 is 7.22. The van der Waals surface area contributed by atoms with E-state index in [-0.39, 0.29) is 11.8 Å². The van der Waals surface area contributed by atoms with E-state index in [0.29, 0.717) is 24.0 Å². The van der Waals surface area contributed by atoms with Crippen molar-refractivity contribution in [3.05, 3.63) is 77.3 Å². The van der Waals surface area contributed by atoms with Crippen molar-refractivity contribution in [1.29, 1.82) is 0 Å². The Morgan fingerprint density at radius 1 is 1.12 bits per heavy atom. The molecule has 0 saturated carbocycles. The SMILES string of the molecule is CCOc1ccc(-c2csc(-n3nc(C)cc3NC(=O)C(CC)c3ccccc3)n2)cc1. The van der Waals surface area contributed by atoms with E-state index in [2.05, 4.69) is 10.4 Å². The lowest BCUT2D eigenvalue weighted by Gasteiger charge is -2.15. The van der Waals surface area contributed by atoms with Gasteiger partial charge in [-0.25, -0.2) is 4.98 Å². The highest BCUT2D eigenvalue weighted by atomic mass is 32.1. The highest BCUT2D eigenvalue weighted by molar-refractivity contribution is 7.12. The van der Waals surface area contributed by atoms with Gasteiger partial charge in [-0.05, 0) is 50.1 Å². The summed E-state index contributed by atoms with van der Waals surface area (Å²) in [7, 11) is 0. The van der Waals surface area contributed by atoms with Crippen molar-refractivity contribution in [2.75, 3.05) is 11.9 Å². The van der Waals surface area contributed by atoms with Gasteiger partial charge in [0.2, 0.25) is 11.0 Å². The summed E-state index contributed by atoms with van der Waals surface area (Å²) in [6, 6.07) is 19.6. The molecule has 4 aromatic rings. The van der Waals surface area contributed by atoms with Crippen LogP contribution in [0.1, 0.15) is 37.4 Å². The van der Waals surface area contributed by atoms with Gasteiger partial charge in [-0.2, -0.15) is 9.78 Å². The molecule has 0 bridgehead atoms. The number of hydrogen-bond acceptors (Lipinski definition) is 5. The molecule has 6 nitrogen and oxygen atoms in total. The van der Waals surface area contributed by atoms with E-state index in [1.54, 1.807) is 4.68 Å². The first kappa shape index (κ1) is 21.8. The lowest BCUT2D eigenvalue weighted by atomic mass is 9.96. The zero-order valence-corrected chi connectivity index (χ0v) is 19.2. The Kier molecular flexibility index (Phi) is 6.66. The van der Waals surface area contributed by atoms with Crippen LogP contribution < -0.4 is 10.1 Å². The fraction of sp³-hybridized carbons (Fsp3) is 0.240. The van der Waals surface area contributed by atoms with E-state index < -0.39 is 0 Å². The highest BCUT2D eigenvalue weighted by Crippen LogP contribution is 2.28. The smallest absolute Gasteiger partial charge is 0.233 e. The average molecular weight is 447 g/mol. The van der Waals surface area contributed by atoms with Crippen molar-refractivity contribution in [2.24, 2.45) is 0 Å². The number of rotatable bonds is 8. The van der Waals surface area contributed by atoms with E-state index >= 15 is 0 Å². The number of hydrogen-bond donors (Lipinski definition) is 1. The Morgan fingerprint density at radius 2 is 1.88 bits per heavy atom. The minimum Gasteiger partial charge on any atom is -0.494 e. The second-order valence-corrected chi connectivity index (χ2v) is 8.25. The summed E-state index contributed by atoms with van der Waals surface area (Å²) in [5, 5.41) is 10.3. The van der Waals surface area contributed by atoms with Gasteiger partial charge in [0.1, 0.15) is 11.6 Å². The van der Waals surface area contributed by atoms with Gasteiger partial charge in [0.15, 0.2) is 0 Å². The van der Waals surface area contributed by atoms with Crippen LogP contribution in [0, 0.1) is 6.92 Å². The van der Waals surface area contributed by atoms with Gasteiger partial charge in [0, 0.05) is 17.0 Å². The van der Waals surface area contributed by atoms with Crippen LogP contribution >= 0.6 is 11.3 Å². The maximum absolute atomic E-state index is 13.1. The Labute approximate surface area is 191 Å². The minimum atomic E-state index is -0.226. The Morgan fingerprint density at radius 3 is 2.56 bits per heavy atom. The molecule has 0 spiro atoms. The molecule has 2 aromatic carbocycles. The summed E-state index contributed by atoms with van der Waals surface area (Å²) in [6.07, 6.45) is 0.710. The van der Waals surface area contributed by atoms with E-state index in [1.165, 1.54) is 11.3 Å². The molecule has 1 amide bonds. The van der Waals surface area contributed by atoms with Crippen LogP contribution in [0.2, 0.25) is 0 Å². The average Bonchev–Trinajstić information content (AvgIpc) is 3.42. The number of carbonyl (C=O) groups is 1. The molecule has 32 heavy (non-hydrogen) atoms. The van der Waals surface area contributed by atoms with Crippen LogP contribution in [-0.4, -0.2) is 27.3 Å². The first-order valence-corrected chi connectivity index (χ1v) is 11.6. The summed E-state index contributed by atoms with van der Waals surface area (Å²) in [5.74, 6) is 1.18. The third-order valence-corrected chi connectivity index (χ3v) is 5.96. The molecule has 0 aliphatic rings. The molecule has 1 unspecified atom stereocenters. The third kappa shape index (κ3) is 4.73. The van der Waals surface area contributed by atoms with Gasteiger partial charge < -0.3 is 10.1 Å². The summed E-state index contributed by atoms with van der Waals surface area (Å²) in [4.78, 5) is 17.8. The van der Waals surface area contributed by atoms with Crippen LogP contribution in [0.15, 0.2) is 66.0 Å². The highest BCUT2D eigenvalue weighted by Gasteiger charge is 2.21. The molecular weight excluding hydrogens is 420 g/mol. The number of ether oxygens (including phenoxy) is 1. The molecule has 1 N–H and O–H groups in total. The summed E-state index contributed by atoms with van der Waals surface area (Å²) in [5.41, 5.74) is 3.67. The standard InChI is InChI=1S/C25H26N4O2S/c1-4-21(18-9-7-6-8-10-18)24(30)27-23-15-17(3)28-29(23)25-26-22(16-32-25)19-11-13-20(14-12-19)31-5-2/h6-16,21H,4-5H2,1-3H3,(H,27,30). The third-order valence-electron chi connectivity index (χ3n) is 5.14. The number of nitrogens with zero attached hydrogens (tertiary/aromatic N) is 3.